The minimum Gasteiger partial charge on any atom is -0.350 e. The minimum absolute atomic E-state index is 0.299. The fraction of sp³-hybridized carbons (Fsp3) is 0.154. The molecule has 0 saturated heterocycles. The molecule has 6 heteroatoms. The average Bonchev–Trinajstić information content (AvgIpc) is 2.39. The Bertz CT molecular complexity index is 652. The van der Waals surface area contributed by atoms with Crippen molar-refractivity contribution in [3.8, 4) is 6.07 Å². The predicted octanol–water partition coefficient (Wildman–Crippen LogP) is 3.17. The fourth-order valence-electron chi connectivity index (χ4n) is 1.56. The summed E-state index contributed by atoms with van der Waals surface area (Å²) >= 11 is 3.35. The first kappa shape index (κ1) is 13.4. The Labute approximate surface area is 118 Å². The van der Waals surface area contributed by atoms with Crippen LogP contribution in [-0.4, -0.2) is 9.97 Å². The van der Waals surface area contributed by atoms with Gasteiger partial charge in [-0.15, -0.1) is 0 Å². The van der Waals surface area contributed by atoms with Gasteiger partial charge in [0.05, 0.1) is 0 Å². The molecule has 0 bridgehead atoms. The van der Waals surface area contributed by atoms with E-state index in [1.54, 1.807) is 19.1 Å². The van der Waals surface area contributed by atoms with Crippen LogP contribution in [-0.2, 0) is 6.54 Å². The summed E-state index contributed by atoms with van der Waals surface area (Å²) < 4.78 is 13.9. The number of nitrogens with one attached hydrogen (secondary N) is 1. The van der Waals surface area contributed by atoms with E-state index >= 15 is 0 Å². The van der Waals surface area contributed by atoms with Gasteiger partial charge in [-0.3, -0.25) is 0 Å². The number of aryl methyl sites for hydroxylation is 1. The van der Waals surface area contributed by atoms with Crippen LogP contribution in [0, 0.1) is 24.1 Å². The number of nitrogens with zero attached hydrogens (tertiary/aromatic N) is 3. The highest BCUT2D eigenvalue weighted by Gasteiger charge is 2.05. The van der Waals surface area contributed by atoms with Gasteiger partial charge in [-0.2, -0.15) is 5.26 Å². The van der Waals surface area contributed by atoms with Gasteiger partial charge in [0.15, 0.2) is 0 Å². The van der Waals surface area contributed by atoms with E-state index in [1.807, 2.05) is 6.07 Å². The maximum absolute atomic E-state index is 13.1. The highest BCUT2D eigenvalue weighted by molar-refractivity contribution is 9.10. The van der Waals surface area contributed by atoms with E-state index in [4.69, 9.17) is 5.26 Å². The SMILES string of the molecule is Cc1cc(C#N)nc(NCc2cc(F)ccc2Br)n1. The molecule has 0 amide bonds. The molecule has 0 atom stereocenters. The summed E-state index contributed by atoms with van der Waals surface area (Å²) in [6, 6.07) is 8.02. The van der Waals surface area contributed by atoms with Gasteiger partial charge in [0, 0.05) is 16.7 Å². The molecule has 0 aliphatic heterocycles. The second-order valence-electron chi connectivity index (χ2n) is 3.92. The first-order chi connectivity index (χ1) is 9.08. The first-order valence-electron chi connectivity index (χ1n) is 5.52. The topological polar surface area (TPSA) is 61.6 Å². The molecule has 0 radical (unpaired) electrons. The van der Waals surface area contributed by atoms with Gasteiger partial charge in [-0.1, -0.05) is 15.9 Å². The molecule has 4 nitrogen and oxygen atoms in total. The maximum Gasteiger partial charge on any atom is 0.224 e. The van der Waals surface area contributed by atoms with Crippen molar-refractivity contribution in [3.05, 3.63) is 51.5 Å². The highest BCUT2D eigenvalue weighted by Crippen LogP contribution is 2.18. The molecule has 19 heavy (non-hydrogen) atoms. The first-order valence-corrected chi connectivity index (χ1v) is 6.31. The summed E-state index contributed by atoms with van der Waals surface area (Å²) in [5.41, 5.74) is 1.75. The molecule has 2 aromatic rings. The summed E-state index contributed by atoms with van der Waals surface area (Å²) in [4.78, 5) is 8.19. The van der Waals surface area contributed by atoms with Crippen LogP contribution in [0.5, 0.6) is 0 Å². The molecule has 0 aliphatic rings. The van der Waals surface area contributed by atoms with Gasteiger partial charge in [0.25, 0.3) is 0 Å². The summed E-state index contributed by atoms with van der Waals surface area (Å²) in [6.07, 6.45) is 0. The molecule has 0 spiro atoms. The lowest BCUT2D eigenvalue weighted by atomic mass is 10.2. The summed E-state index contributed by atoms with van der Waals surface area (Å²) in [7, 11) is 0. The number of nitriles is 1. The number of hydrogen-bond donors (Lipinski definition) is 1. The van der Waals surface area contributed by atoms with Crippen molar-refractivity contribution in [2.75, 3.05) is 5.32 Å². The molecule has 0 saturated carbocycles. The van der Waals surface area contributed by atoms with Gasteiger partial charge < -0.3 is 5.32 Å². The van der Waals surface area contributed by atoms with E-state index in [0.29, 0.717) is 23.9 Å². The van der Waals surface area contributed by atoms with Crippen molar-refractivity contribution in [2.45, 2.75) is 13.5 Å². The van der Waals surface area contributed by atoms with Crippen LogP contribution in [0.25, 0.3) is 0 Å². The van der Waals surface area contributed by atoms with Gasteiger partial charge in [0.1, 0.15) is 17.6 Å². The lowest BCUT2D eigenvalue weighted by Gasteiger charge is -2.07. The minimum atomic E-state index is -0.303. The molecule has 2 rings (SSSR count). The Kier molecular flexibility index (Phi) is 4.07. The molecule has 1 heterocycles. The van der Waals surface area contributed by atoms with Gasteiger partial charge >= 0.3 is 0 Å². The van der Waals surface area contributed by atoms with E-state index in [9.17, 15) is 4.39 Å². The number of halogens is 2. The lowest BCUT2D eigenvalue weighted by Crippen LogP contribution is -2.06. The molecule has 1 aromatic heterocycles. The number of benzene rings is 1. The third kappa shape index (κ3) is 3.48. The van der Waals surface area contributed by atoms with Crippen LogP contribution < -0.4 is 5.32 Å². The molecule has 1 N–H and O–H groups in total. The van der Waals surface area contributed by atoms with Gasteiger partial charge in [-0.25, -0.2) is 14.4 Å². The quantitative estimate of drug-likeness (QED) is 0.943. The van der Waals surface area contributed by atoms with E-state index in [0.717, 1.165) is 10.0 Å². The Morgan fingerprint density at radius 2 is 2.16 bits per heavy atom. The van der Waals surface area contributed by atoms with Crippen molar-refractivity contribution in [2.24, 2.45) is 0 Å². The van der Waals surface area contributed by atoms with E-state index in [2.05, 4.69) is 31.2 Å². The van der Waals surface area contributed by atoms with Crippen molar-refractivity contribution in [1.29, 1.82) is 5.26 Å². The maximum atomic E-state index is 13.1. The summed E-state index contributed by atoms with van der Waals surface area (Å²) in [5, 5.41) is 11.8. The van der Waals surface area contributed by atoms with E-state index in [-0.39, 0.29) is 5.82 Å². The second kappa shape index (κ2) is 5.76. The molecule has 96 valence electrons. The monoisotopic (exact) mass is 320 g/mol. The number of anilines is 1. The largest absolute Gasteiger partial charge is 0.350 e. The number of hydrogen-bond acceptors (Lipinski definition) is 4. The Hall–Kier alpha value is -2.00. The van der Waals surface area contributed by atoms with E-state index < -0.39 is 0 Å². The summed E-state index contributed by atoms with van der Waals surface area (Å²) in [6.45, 7) is 2.15. The highest BCUT2D eigenvalue weighted by atomic mass is 79.9. The zero-order chi connectivity index (χ0) is 13.8. The lowest BCUT2D eigenvalue weighted by molar-refractivity contribution is 0.625. The van der Waals surface area contributed by atoms with Crippen LogP contribution in [0.1, 0.15) is 17.0 Å². The molecule has 0 unspecified atom stereocenters. The number of rotatable bonds is 3. The predicted molar refractivity (Wildman–Crippen MR) is 72.9 cm³/mol. The number of aromatic nitrogens is 2. The molecule has 0 aliphatic carbocycles. The van der Waals surface area contributed by atoms with Crippen LogP contribution in [0.3, 0.4) is 0 Å². The van der Waals surface area contributed by atoms with Gasteiger partial charge in [0.2, 0.25) is 5.95 Å². The standard InChI is InChI=1S/C13H10BrFN4/c1-8-4-11(6-16)19-13(18-8)17-7-9-5-10(15)2-3-12(9)14/h2-5H,7H2,1H3,(H,17,18,19). The zero-order valence-corrected chi connectivity index (χ0v) is 11.7. The molecule has 0 fully saturated rings. The normalized spacial score (nSPS) is 10.0. The third-order valence-corrected chi connectivity index (χ3v) is 3.19. The van der Waals surface area contributed by atoms with Crippen LogP contribution in [0.4, 0.5) is 10.3 Å². The zero-order valence-electron chi connectivity index (χ0n) is 10.1. The smallest absolute Gasteiger partial charge is 0.224 e. The van der Waals surface area contributed by atoms with Crippen molar-refractivity contribution < 1.29 is 4.39 Å². The second-order valence-corrected chi connectivity index (χ2v) is 4.77. The van der Waals surface area contributed by atoms with Crippen LogP contribution >= 0.6 is 15.9 Å². The Morgan fingerprint density at radius 3 is 2.89 bits per heavy atom. The van der Waals surface area contributed by atoms with Crippen molar-refractivity contribution >= 4 is 21.9 Å². The van der Waals surface area contributed by atoms with E-state index in [1.165, 1.54) is 12.1 Å². The third-order valence-electron chi connectivity index (χ3n) is 2.41. The van der Waals surface area contributed by atoms with Gasteiger partial charge in [-0.05, 0) is 36.8 Å². The average molecular weight is 321 g/mol. The van der Waals surface area contributed by atoms with Crippen molar-refractivity contribution in [3.63, 3.8) is 0 Å². The Morgan fingerprint density at radius 1 is 1.37 bits per heavy atom. The molecule has 1 aromatic carbocycles. The van der Waals surface area contributed by atoms with Crippen molar-refractivity contribution in [1.82, 2.24) is 9.97 Å². The fourth-order valence-corrected chi connectivity index (χ4v) is 1.94. The van der Waals surface area contributed by atoms with Crippen LogP contribution in [0.15, 0.2) is 28.7 Å². The summed E-state index contributed by atoms with van der Waals surface area (Å²) in [5.74, 6) is 0.0515. The van der Waals surface area contributed by atoms with Crippen LogP contribution in [0.2, 0.25) is 0 Å². The molecular weight excluding hydrogens is 311 g/mol. The Balaban J connectivity index is 2.17. The molecular formula is C13H10BrFN4.